The van der Waals surface area contributed by atoms with Crippen LogP contribution in [0.2, 0.25) is 0 Å². The van der Waals surface area contributed by atoms with Gasteiger partial charge in [0.15, 0.2) is 5.78 Å². The second-order valence-corrected chi connectivity index (χ2v) is 9.81. The molecule has 7 nitrogen and oxygen atoms in total. The minimum Gasteiger partial charge on any atom is -0.486 e. The molecule has 180 valence electrons. The standard InChI is InChI=1S/C28H30N4O3/c1-17-13-18(2)25-23(14-17)24(33)16-28(35-25)9-11-32(12-10-28)26(34)21-5-7-22(8-6-21)31-27-29-19(3)15-20(4)30-27/h5-8,13-15H,9-12,16H2,1-4H3,(H,29,30,31). The van der Waals surface area contributed by atoms with Crippen molar-refractivity contribution in [2.75, 3.05) is 18.4 Å². The van der Waals surface area contributed by atoms with Gasteiger partial charge in [0.1, 0.15) is 11.4 Å². The maximum absolute atomic E-state index is 13.2. The van der Waals surface area contributed by atoms with Gasteiger partial charge in [-0.05, 0) is 75.2 Å². The first-order valence-corrected chi connectivity index (χ1v) is 12.0. The van der Waals surface area contributed by atoms with Gasteiger partial charge < -0.3 is 15.0 Å². The third-order valence-corrected chi connectivity index (χ3v) is 6.85. The number of piperidine rings is 1. The second-order valence-electron chi connectivity index (χ2n) is 9.81. The second kappa shape index (κ2) is 8.80. The van der Waals surface area contributed by atoms with Crippen molar-refractivity contribution >= 4 is 23.3 Å². The molecule has 1 spiro atoms. The number of hydrogen-bond donors (Lipinski definition) is 1. The van der Waals surface area contributed by atoms with Gasteiger partial charge >= 0.3 is 0 Å². The third-order valence-electron chi connectivity index (χ3n) is 6.85. The van der Waals surface area contributed by atoms with E-state index in [2.05, 4.69) is 21.4 Å². The fraction of sp³-hybridized carbons (Fsp3) is 0.357. The fourth-order valence-electron chi connectivity index (χ4n) is 5.12. The molecule has 1 saturated heterocycles. The van der Waals surface area contributed by atoms with Crippen molar-refractivity contribution in [2.24, 2.45) is 0 Å². The monoisotopic (exact) mass is 470 g/mol. The molecule has 0 aliphatic carbocycles. The summed E-state index contributed by atoms with van der Waals surface area (Å²) in [7, 11) is 0. The van der Waals surface area contributed by atoms with Crippen molar-refractivity contribution < 1.29 is 14.3 Å². The molecule has 0 unspecified atom stereocenters. The molecule has 1 amide bonds. The lowest BCUT2D eigenvalue weighted by molar-refractivity contribution is -0.00619. The van der Waals surface area contributed by atoms with Crippen LogP contribution < -0.4 is 10.1 Å². The van der Waals surface area contributed by atoms with Gasteiger partial charge in [0.2, 0.25) is 5.95 Å². The van der Waals surface area contributed by atoms with E-state index in [-0.39, 0.29) is 11.7 Å². The Morgan fingerprint density at radius 1 is 0.971 bits per heavy atom. The van der Waals surface area contributed by atoms with Gasteiger partial charge in [-0.2, -0.15) is 0 Å². The van der Waals surface area contributed by atoms with Gasteiger partial charge in [-0.25, -0.2) is 9.97 Å². The summed E-state index contributed by atoms with van der Waals surface area (Å²) < 4.78 is 6.46. The predicted molar refractivity (Wildman–Crippen MR) is 135 cm³/mol. The van der Waals surface area contributed by atoms with E-state index in [4.69, 9.17) is 4.74 Å². The number of nitrogens with zero attached hydrogens (tertiary/aromatic N) is 3. The number of benzene rings is 2. The Hall–Kier alpha value is -3.74. The van der Waals surface area contributed by atoms with Crippen LogP contribution in [-0.2, 0) is 0 Å². The lowest BCUT2D eigenvalue weighted by Crippen LogP contribution is -2.52. The van der Waals surface area contributed by atoms with Crippen LogP contribution in [-0.4, -0.2) is 45.2 Å². The summed E-state index contributed by atoms with van der Waals surface area (Å²) in [6.45, 7) is 8.96. The molecule has 0 bridgehead atoms. The number of nitrogens with one attached hydrogen (secondary N) is 1. The van der Waals surface area contributed by atoms with E-state index in [1.54, 1.807) is 0 Å². The molecule has 1 N–H and O–H groups in total. The number of fused-ring (bicyclic) bond motifs is 1. The minimum absolute atomic E-state index is 0.0107. The van der Waals surface area contributed by atoms with E-state index < -0.39 is 5.60 Å². The van der Waals surface area contributed by atoms with Crippen LogP contribution in [0.4, 0.5) is 11.6 Å². The molecule has 1 fully saturated rings. The SMILES string of the molecule is Cc1cc(C)c2c(c1)C(=O)CC1(CCN(C(=O)c3ccc(Nc4nc(C)cc(C)n4)cc3)CC1)O2. The van der Waals surface area contributed by atoms with Crippen LogP contribution in [0.1, 0.15) is 62.5 Å². The average molecular weight is 471 g/mol. The smallest absolute Gasteiger partial charge is 0.253 e. The van der Waals surface area contributed by atoms with Crippen molar-refractivity contribution in [2.45, 2.75) is 52.6 Å². The largest absolute Gasteiger partial charge is 0.486 e. The van der Waals surface area contributed by atoms with Crippen LogP contribution in [0.15, 0.2) is 42.5 Å². The zero-order valence-electron chi connectivity index (χ0n) is 20.6. The maximum atomic E-state index is 13.2. The van der Waals surface area contributed by atoms with Crippen molar-refractivity contribution in [3.8, 4) is 5.75 Å². The van der Waals surface area contributed by atoms with E-state index in [1.165, 1.54) is 0 Å². The highest BCUT2D eigenvalue weighted by atomic mass is 16.5. The molecule has 2 aliphatic rings. The normalized spacial score (nSPS) is 16.6. The summed E-state index contributed by atoms with van der Waals surface area (Å²) >= 11 is 0. The number of amides is 1. The highest BCUT2D eigenvalue weighted by Gasteiger charge is 2.44. The first-order chi connectivity index (χ1) is 16.7. The van der Waals surface area contributed by atoms with Gasteiger partial charge in [-0.15, -0.1) is 0 Å². The van der Waals surface area contributed by atoms with E-state index in [0.29, 0.717) is 55.2 Å². The van der Waals surface area contributed by atoms with Crippen LogP contribution in [0, 0.1) is 27.7 Å². The van der Waals surface area contributed by atoms with E-state index >= 15 is 0 Å². The maximum Gasteiger partial charge on any atom is 0.253 e. The Bertz CT molecular complexity index is 1290. The number of aryl methyl sites for hydroxylation is 4. The summed E-state index contributed by atoms with van der Waals surface area (Å²) in [5.74, 6) is 1.37. The van der Waals surface area contributed by atoms with Crippen LogP contribution >= 0.6 is 0 Å². The van der Waals surface area contributed by atoms with Gasteiger partial charge in [0, 0.05) is 48.6 Å². The minimum atomic E-state index is -0.527. The number of carbonyl (C=O) groups is 2. The fourth-order valence-corrected chi connectivity index (χ4v) is 5.12. The molecule has 3 aromatic rings. The highest BCUT2D eigenvalue weighted by Crippen LogP contribution is 2.41. The number of rotatable bonds is 3. The lowest BCUT2D eigenvalue weighted by atomic mass is 9.81. The Morgan fingerprint density at radius 2 is 1.63 bits per heavy atom. The van der Waals surface area contributed by atoms with Gasteiger partial charge in [0.25, 0.3) is 5.91 Å². The molecular formula is C28H30N4O3. The third kappa shape index (κ3) is 4.63. The van der Waals surface area contributed by atoms with Gasteiger partial charge in [0.05, 0.1) is 12.0 Å². The quantitative estimate of drug-likeness (QED) is 0.574. The number of Topliss-reactive ketones (excluding diaryl/α,β-unsaturated/α-hetero) is 1. The molecule has 7 heteroatoms. The van der Waals surface area contributed by atoms with Crippen molar-refractivity contribution in [1.29, 1.82) is 0 Å². The van der Waals surface area contributed by atoms with E-state index in [1.807, 2.05) is 69.0 Å². The molecule has 1 aromatic heterocycles. The number of anilines is 2. The Morgan fingerprint density at radius 3 is 2.29 bits per heavy atom. The van der Waals surface area contributed by atoms with Crippen LogP contribution in [0.5, 0.6) is 5.75 Å². The lowest BCUT2D eigenvalue weighted by Gasteiger charge is -2.44. The van der Waals surface area contributed by atoms with Crippen LogP contribution in [0.25, 0.3) is 0 Å². The Balaban J connectivity index is 1.24. The van der Waals surface area contributed by atoms with Gasteiger partial charge in [-0.1, -0.05) is 6.07 Å². The molecule has 2 aliphatic heterocycles. The zero-order valence-corrected chi connectivity index (χ0v) is 20.6. The molecule has 3 heterocycles. The zero-order chi connectivity index (χ0) is 24.7. The molecule has 5 rings (SSSR count). The number of aromatic nitrogens is 2. The van der Waals surface area contributed by atoms with Gasteiger partial charge in [-0.3, -0.25) is 9.59 Å². The van der Waals surface area contributed by atoms with Crippen molar-refractivity contribution in [3.63, 3.8) is 0 Å². The first-order valence-electron chi connectivity index (χ1n) is 12.0. The summed E-state index contributed by atoms with van der Waals surface area (Å²) in [4.78, 5) is 36.7. The van der Waals surface area contributed by atoms with Crippen molar-refractivity contribution in [1.82, 2.24) is 14.9 Å². The molecule has 2 aromatic carbocycles. The molecular weight excluding hydrogens is 440 g/mol. The molecule has 0 saturated carbocycles. The number of ketones is 1. The van der Waals surface area contributed by atoms with Crippen molar-refractivity contribution in [3.05, 3.63) is 76.1 Å². The summed E-state index contributed by atoms with van der Waals surface area (Å²) in [6.07, 6.45) is 1.65. The van der Waals surface area contributed by atoms with E-state index in [9.17, 15) is 9.59 Å². The number of carbonyl (C=O) groups excluding carboxylic acids is 2. The number of likely N-dealkylation sites (tertiary alicyclic amines) is 1. The predicted octanol–water partition coefficient (Wildman–Crippen LogP) is 5.09. The average Bonchev–Trinajstić information content (AvgIpc) is 2.80. The van der Waals surface area contributed by atoms with E-state index in [0.717, 1.165) is 28.2 Å². The molecule has 0 radical (unpaired) electrons. The molecule has 35 heavy (non-hydrogen) atoms. The highest BCUT2D eigenvalue weighted by molar-refractivity contribution is 6.01. The Labute approximate surface area is 205 Å². The molecule has 0 atom stereocenters. The summed E-state index contributed by atoms with van der Waals surface area (Å²) in [6, 6.07) is 13.3. The topological polar surface area (TPSA) is 84.4 Å². The first kappa shape index (κ1) is 23.0. The van der Waals surface area contributed by atoms with Crippen LogP contribution in [0.3, 0.4) is 0 Å². The number of ether oxygens (including phenoxy) is 1. The Kier molecular flexibility index (Phi) is 5.79. The summed E-state index contributed by atoms with van der Waals surface area (Å²) in [5, 5.41) is 3.19. The summed E-state index contributed by atoms with van der Waals surface area (Å²) in [5.41, 5.74) is 5.46. The number of hydrogen-bond acceptors (Lipinski definition) is 6.